The zero-order valence-corrected chi connectivity index (χ0v) is 16.0. The van der Waals surface area contributed by atoms with Gasteiger partial charge in [0.1, 0.15) is 13.2 Å². The minimum atomic E-state index is -0.998. The molecule has 0 bridgehead atoms. The molecule has 2 N–H and O–H groups in total. The van der Waals surface area contributed by atoms with Gasteiger partial charge >= 0.3 is 5.97 Å². The van der Waals surface area contributed by atoms with Crippen LogP contribution >= 0.6 is 0 Å². The van der Waals surface area contributed by atoms with Gasteiger partial charge in [-0.2, -0.15) is 4.98 Å². The summed E-state index contributed by atoms with van der Waals surface area (Å²) in [5.74, 6) is -0.654. The number of ether oxygens (including phenoxy) is 1. The summed E-state index contributed by atoms with van der Waals surface area (Å²) in [6.07, 6.45) is -0.219. The van der Waals surface area contributed by atoms with Gasteiger partial charge in [-0.3, -0.25) is 9.59 Å². The van der Waals surface area contributed by atoms with E-state index in [0.29, 0.717) is 5.82 Å². The fraction of sp³-hybridized carbons (Fsp3) is 0.474. The molecule has 1 heterocycles. The van der Waals surface area contributed by atoms with E-state index in [0.717, 1.165) is 11.1 Å². The molecule has 2 rings (SSSR count). The number of aromatic nitrogens is 2. The van der Waals surface area contributed by atoms with Crippen LogP contribution in [-0.2, 0) is 26.3 Å². The maximum Gasteiger partial charge on any atom is 0.305 e. The van der Waals surface area contributed by atoms with Gasteiger partial charge in [0.25, 0.3) is 5.89 Å². The Morgan fingerprint density at radius 3 is 2.44 bits per heavy atom. The average Bonchev–Trinajstić information content (AvgIpc) is 2.98. The topological polar surface area (TPSA) is 115 Å². The van der Waals surface area contributed by atoms with Gasteiger partial charge in [-0.1, -0.05) is 50.2 Å². The first-order chi connectivity index (χ1) is 12.6. The van der Waals surface area contributed by atoms with Crippen LogP contribution in [0, 0.1) is 6.92 Å². The van der Waals surface area contributed by atoms with Gasteiger partial charge in [0, 0.05) is 0 Å². The van der Waals surface area contributed by atoms with Crippen LogP contribution in [0.25, 0.3) is 0 Å². The van der Waals surface area contributed by atoms with Crippen molar-refractivity contribution in [1.82, 2.24) is 15.5 Å². The number of nitrogens with zero attached hydrogens (tertiary/aromatic N) is 2. The fourth-order valence-electron chi connectivity index (χ4n) is 2.51. The van der Waals surface area contributed by atoms with Crippen LogP contribution in [0.5, 0.6) is 0 Å². The van der Waals surface area contributed by atoms with E-state index in [9.17, 15) is 9.59 Å². The molecule has 27 heavy (non-hydrogen) atoms. The minimum Gasteiger partial charge on any atom is -0.481 e. The van der Waals surface area contributed by atoms with E-state index in [1.807, 2.05) is 24.3 Å². The molecule has 1 atom stereocenters. The number of hydrogen-bond donors (Lipinski definition) is 2. The predicted molar refractivity (Wildman–Crippen MR) is 97.0 cm³/mol. The highest BCUT2D eigenvalue weighted by Gasteiger charge is 2.20. The quantitative estimate of drug-likeness (QED) is 0.728. The number of aliphatic carboxylic acids is 1. The molecule has 0 aliphatic carbocycles. The summed E-state index contributed by atoms with van der Waals surface area (Å²) in [5.41, 5.74) is 1.85. The van der Waals surface area contributed by atoms with Crippen LogP contribution in [0.4, 0.5) is 0 Å². The van der Waals surface area contributed by atoms with Crippen LogP contribution in [0.15, 0.2) is 28.8 Å². The number of carbonyl (C=O) groups is 2. The molecular formula is C19H25N3O5. The van der Waals surface area contributed by atoms with Crippen molar-refractivity contribution in [2.45, 2.75) is 52.2 Å². The van der Waals surface area contributed by atoms with Gasteiger partial charge in [0.2, 0.25) is 5.91 Å². The highest BCUT2D eigenvalue weighted by atomic mass is 16.5. The van der Waals surface area contributed by atoms with Crippen molar-refractivity contribution in [2.24, 2.45) is 0 Å². The maximum absolute atomic E-state index is 12.1. The first-order valence-corrected chi connectivity index (χ1v) is 8.63. The molecule has 0 spiro atoms. The molecule has 1 aromatic carbocycles. The Balaban J connectivity index is 1.96. The first-order valence-electron chi connectivity index (χ1n) is 8.63. The smallest absolute Gasteiger partial charge is 0.305 e. The Bertz CT molecular complexity index is 777. The fourth-order valence-corrected chi connectivity index (χ4v) is 2.51. The Morgan fingerprint density at radius 1 is 1.26 bits per heavy atom. The summed E-state index contributed by atoms with van der Waals surface area (Å²) >= 11 is 0. The van der Waals surface area contributed by atoms with Crippen molar-refractivity contribution in [1.29, 1.82) is 0 Å². The lowest BCUT2D eigenvalue weighted by Gasteiger charge is -2.21. The standard InChI is InChI=1S/C19H25N3O5/c1-12-20-17(27-22-12)11-26-10-16(23)21-15(9-18(24)25)13-5-7-14(8-6-13)19(2,3)4/h5-8,15H,9-11H2,1-4H3,(H,21,23)(H,24,25). The number of amides is 1. The lowest BCUT2D eigenvalue weighted by atomic mass is 9.86. The second-order valence-corrected chi connectivity index (χ2v) is 7.32. The molecule has 146 valence electrons. The summed E-state index contributed by atoms with van der Waals surface area (Å²) in [7, 11) is 0. The summed E-state index contributed by atoms with van der Waals surface area (Å²) in [4.78, 5) is 27.3. The normalized spacial score (nSPS) is 12.6. The number of benzene rings is 1. The van der Waals surface area contributed by atoms with Crippen LogP contribution in [0.2, 0.25) is 0 Å². The molecule has 1 amide bonds. The molecule has 2 aromatic rings. The second-order valence-electron chi connectivity index (χ2n) is 7.32. The monoisotopic (exact) mass is 375 g/mol. The Morgan fingerprint density at radius 2 is 1.93 bits per heavy atom. The van der Waals surface area contributed by atoms with Gasteiger partial charge in [-0.25, -0.2) is 0 Å². The van der Waals surface area contributed by atoms with Gasteiger partial charge in [0.15, 0.2) is 5.82 Å². The van der Waals surface area contributed by atoms with Crippen molar-refractivity contribution in [3.8, 4) is 0 Å². The first kappa shape index (κ1) is 20.6. The molecule has 8 nitrogen and oxygen atoms in total. The summed E-state index contributed by atoms with van der Waals surface area (Å²) in [6.45, 7) is 7.75. The average molecular weight is 375 g/mol. The maximum atomic E-state index is 12.1. The molecule has 1 unspecified atom stereocenters. The third kappa shape index (κ3) is 6.49. The number of nitrogens with one attached hydrogen (secondary N) is 1. The molecule has 0 fully saturated rings. The zero-order valence-electron chi connectivity index (χ0n) is 16.0. The number of carbonyl (C=O) groups excluding carboxylic acids is 1. The minimum absolute atomic E-state index is 0.00892. The molecule has 0 saturated heterocycles. The molecular weight excluding hydrogens is 350 g/mol. The molecule has 0 aliphatic rings. The van der Waals surface area contributed by atoms with E-state index in [1.54, 1.807) is 6.92 Å². The van der Waals surface area contributed by atoms with E-state index < -0.39 is 17.9 Å². The predicted octanol–water partition coefficient (Wildman–Crippen LogP) is 2.52. The zero-order chi connectivity index (χ0) is 20.0. The van der Waals surface area contributed by atoms with Crippen LogP contribution in [-0.4, -0.2) is 33.7 Å². The van der Waals surface area contributed by atoms with E-state index in [-0.39, 0.29) is 30.9 Å². The Hall–Kier alpha value is -2.74. The van der Waals surface area contributed by atoms with E-state index in [4.69, 9.17) is 14.4 Å². The highest BCUT2D eigenvalue weighted by molar-refractivity contribution is 5.78. The summed E-state index contributed by atoms with van der Waals surface area (Å²) in [5, 5.41) is 15.5. The number of carboxylic acids is 1. The number of hydrogen-bond acceptors (Lipinski definition) is 6. The Kier molecular flexibility index (Phi) is 6.68. The molecule has 0 radical (unpaired) electrons. The number of carboxylic acid groups (broad SMARTS) is 1. The van der Waals surface area contributed by atoms with Gasteiger partial charge in [-0.05, 0) is 23.5 Å². The summed E-state index contributed by atoms with van der Waals surface area (Å²) < 4.78 is 10.1. The van der Waals surface area contributed by atoms with Crippen molar-refractivity contribution in [3.63, 3.8) is 0 Å². The van der Waals surface area contributed by atoms with Crippen LogP contribution < -0.4 is 5.32 Å². The van der Waals surface area contributed by atoms with Gasteiger partial charge < -0.3 is 19.7 Å². The SMILES string of the molecule is Cc1noc(COCC(=O)NC(CC(=O)O)c2ccc(C(C)(C)C)cc2)n1. The van der Waals surface area contributed by atoms with Crippen molar-refractivity contribution in [3.05, 3.63) is 47.1 Å². The third-order valence-corrected chi connectivity index (χ3v) is 3.92. The number of aryl methyl sites for hydroxylation is 1. The third-order valence-electron chi connectivity index (χ3n) is 3.92. The Labute approximate surface area is 157 Å². The summed E-state index contributed by atoms with van der Waals surface area (Å²) in [6, 6.07) is 6.95. The van der Waals surface area contributed by atoms with Crippen molar-refractivity contribution in [2.75, 3.05) is 6.61 Å². The number of rotatable bonds is 8. The second kappa shape index (κ2) is 8.77. The molecule has 0 aliphatic heterocycles. The largest absolute Gasteiger partial charge is 0.481 e. The van der Waals surface area contributed by atoms with E-state index >= 15 is 0 Å². The lowest BCUT2D eigenvalue weighted by molar-refractivity contribution is -0.138. The molecule has 8 heteroatoms. The van der Waals surface area contributed by atoms with Gasteiger partial charge in [0.05, 0.1) is 12.5 Å². The lowest BCUT2D eigenvalue weighted by Crippen LogP contribution is -2.33. The van der Waals surface area contributed by atoms with Crippen molar-refractivity contribution < 1.29 is 24.0 Å². The molecule has 0 saturated carbocycles. The van der Waals surface area contributed by atoms with Crippen LogP contribution in [0.3, 0.4) is 0 Å². The van der Waals surface area contributed by atoms with E-state index in [1.165, 1.54) is 0 Å². The molecule has 1 aromatic heterocycles. The highest BCUT2D eigenvalue weighted by Crippen LogP contribution is 2.25. The van der Waals surface area contributed by atoms with Crippen LogP contribution in [0.1, 0.15) is 56.1 Å². The van der Waals surface area contributed by atoms with E-state index in [2.05, 4.69) is 36.2 Å². The van der Waals surface area contributed by atoms with Crippen molar-refractivity contribution >= 4 is 11.9 Å². The van der Waals surface area contributed by atoms with Gasteiger partial charge in [-0.15, -0.1) is 0 Å².